The van der Waals surface area contributed by atoms with Gasteiger partial charge >= 0.3 is 0 Å². The summed E-state index contributed by atoms with van der Waals surface area (Å²) < 4.78 is 23.2. The molecule has 40 heavy (non-hydrogen) atoms. The van der Waals surface area contributed by atoms with Crippen LogP contribution >= 0.6 is 22.7 Å². The summed E-state index contributed by atoms with van der Waals surface area (Å²) in [6.45, 7) is 0. The number of anilines is 2. The summed E-state index contributed by atoms with van der Waals surface area (Å²) in [6, 6.07) is 7.26. The lowest BCUT2D eigenvalue weighted by Gasteiger charge is -2.04. The number of ether oxygens (including phenoxy) is 4. The van der Waals surface area contributed by atoms with Crippen LogP contribution in [0.15, 0.2) is 24.3 Å². The van der Waals surface area contributed by atoms with E-state index in [4.69, 9.17) is 18.9 Å². The number of rotatable bonds is 15. The van der Waals surface area contributed by atoms with Crippen LogP contribution in [0.1, 0.15) is 51.4 Å². The van der Waals surface area contributed by atoms with Gasteiger partial charge in [0, 0.05) is 12.8 Å². The number of hydrogen-bond donors (Lipinski definition) is 2. The van der Waals surface area contributed by atoms with Gasteiger partial charge in [-0.2, -0.15) is 0 Å². The first-order valence-corrected chi connectivity index (χ1v) is 14.7. The van der Waals surface area contributed by atoms with Crippen LogP contribution in [0.4, 0.5) is 10.3 Å². The van der Waals surface area contributed by atoms with Gasteiger partial charge in [-0.3, -0.25) is 9.59 Å². The van der Waals surface area contributed by atoms with Gasteiger partial charge in [0.1, 0.15) is 43.4 Å². The number of aromatic nitrogens is 2. The van der Waals surface area contributed by atoms with Gasteiger partial charge in [0.05, 0.1) is 28.4 Å². The Hall–Kier alpha value is -3.64. The fraction of sp³-hybridized carbons (Fsp3) is 0.429. The molecular weight excluding hydrogens is 552 g/mol. The molecule has 2 amide bonds. The number of nitrogens with one attached hydrogen (secondary N) is 2. The van der Waals surface area contributed by atoms with Crippen LogP contribution in [0, 0.1) is 0 Å². The summed E-state index contributed by atoms with van der Waals surface area (Å²) in [5.74, 6) is 2.57. The van der Waals surface area contributed by atoms with E-state index >= 15 is 0 Å². The SMILES string of the molecule is COc1ccc(OC)c2sc(NC(=O)CCCCCCCCC(=O)Nc3nc4c(OC)ccc(OC)c4s3)nc12. The minimum absolute atomic E-state index is 0.0567. The molecule has 0 aliphatic carbocycles. The van der Waals surface area contributed by atoms with Crippen LogP contribution in [-0.2, 0) is 9.59 Å². The number of benzene rings is 2. The Labute approximate surface area is 241 Å². The molecule has 2 N–H and O–H groups in total. The van der Waals surface area contributed by atoms with E-state index in [9.17, 15) is 9.59 Å². The van der Waals surface area contributed by atoms with Gasteiger partial charge in [0.25, 0.3) is 0 Å². The zero-order valence-electron chi connectivity index (χ0n) is 23.1. The van der Waals surface area contributed by atoms with E-state index in [1.54, 1.807) is 40.6 Å². The molecule has 0 fully saturated rings. The lowest BCUT2D eigenvalue weighted by molar-refractivity contribution is -0.117. The molecule has 10 nitrogen and oxygen atoms in total. The smallest absolute Gasteiger partial charge is 0.226 e. The molecule has 0 aliphatic rings. The number of amides is 2. The van der Waals surface area contributed by atoms with Crippen molar-refractivity contribution in [1.29, 1.82) is 0 Å². The largest absolute Gasteiger partial charge is 0.495 e. The molecule has 0 saturated heterocycles. The van der Waals surface area contributed by atoms with Crippen molar-refractivity contribution in [1.82, 2.24) is 9.97 Å². The third-order valence-corrected chi connectivity index (χ3v) is 8.34. The minimum Gasteiger partial charge on any atom is -0.495 e. The van der Waals surface area contributed by atoms with E-state index < -0.39 is 0 Å². The van der Waals surface area contributed by atoms with Gasteiger partial charge in [-0.1, -0.05) is 48.4 Å². The Morgan fingerprint density at radius 1 is 0.600 bits per heavy atom. The summed E-state index contributed by atoms with van der Waals surface area (Å²) in [6.07, 6.45) is 6.41. The third kappa shape index (κ3) is 7.11. The Morgan fingerprint density at radius 3 is 1.32 bits per heavy atom. The molecule has 0 unspecified atom stereocenters. The van der Waals surface area contributed by atoms with Crippen molar-refractivity contribution in [2.24, 2.45) is 0 Å². The summed E-state index contributed by atoms with van der Waals surface area (Å²) >= 11 is 2.74. The normalized spacial score (nSPS) is 11.0. The first kappa shape index (κ1) is 29.3. The molecule has 0 aliphatic heterocycles. The second-order valence-electron chi connectivity index (χ2n) is 9.05. The number of unbranched alkanes of at least 4 members (excludes halogenated alkanes) is 5. The molecule has 0 atom stereocenters. The first-order chi connectivity index (χ1) is 19.5. The van der Waals surface area contributed by atoms with Crippen LogP contribution in [0.2, 0.25) is 0 Å². The molecule has 0 bridgehead atoms. The first-order valence-electron chi connectivity index (χ1n) is 13.1. The second kappa shape index (κ2) is 14.1. The van der Waals surface area contributed by atoms with Crippen molar-refractivity contribution in [2.75, 3.05) is 39.1 Å². The molecular formula is C28H34N4O6S2. The number of hydrogen-bond acceptors (Lipinski definition) is 10. The molecule has 4 aromatic rings. The van der Waals surface area contributed by atoms with Crippen molar-refractivity contribution in [2.45, 2.75) is 51.4 Å². The predicted molar refractivity (Wildman–Crippen MR) is 160 cm³/mol. The van der Waals surface area contributed by atoms with Gasteiger partial charge < -0.3 is 29.6 Å². The number of methoxy groups -OCH3 is 4. The maximum absolute atomic E-state index is 12.4. The van der Waals surface area contributed by atoms with E-state index in [2.05, 4.69) is 20.6 Å². The van der Waals surface area contributed by atoms with Crippen molar-refractivity contribution < 1.29 is 28.5 Å². The van der Waals surface area contributed by atoms with Gasteiger partial charge in [-0.15, -0.1) is 0 Å². The highest BCUT2D eigenvalue weighted by Crippen LogP contribution is 2.40. The van der Waals surface area contributed by atoms with Crippen LogP contribution in [0.5, 0.6) is 23.0 Å². The number of thiazole rings is 2. The third-order valence-electron chi connectivity index (χ3n) is 6.37. The van der Waals surface area contributed by atoms with E-state index in [1.165, 1.54) is 22.7 Å². The number of carbonyl (C=O) groups is 2. The highest BCUT2D eigenvalue weighted by Gasteiger charge is 2.16. The van der Waals surface area contributed by atoms with E-state index in [1.807, 2.05) is 12.1 Å². The van der Waals surface area contributed by atoms with E-state index in [-0.39, 0.29) is 11.8 Å². The van der Waals surface area contributed by atoms with Crippen molar-refractivity contribution >= 4 is 65.2 Å². The van der Waals surface area contributed by atoms with Crippen LogP contribution in [-0.4, -0.2) is 50.2 Å². The van der Waals surface area contributed by atoms with E-state index in [0.29, 0.717) is 57.1 Å². The summed E-state index contributed by atoms with van der Waals surface area (Å²) in [4.78, 5) is 33.9. The number of carbonyl (C=O) groups excluding carboxylic acids is 2. The topological polar surface area (TPSA) is 121 Å². The number of fused-ring (bicyclic) bond motifs is 2. The van der Waals surface area contributed by atoms with Gasteiger partial charge in [0.15, 0.2) is 10.3 Å². The van der Waals surface area contributed by atoms with Crippen molar-refractivity contribution in [3.63, 3.8) is 0 Å². The fourth-order valence-corrected chi connectivity index (χ4v) is 6.30. The Bertz CT molecular complexity index is 1280. The maximum atomic E-state index is 12.4. The second-order valence-corrected chi connectivity index (χ2v) is 11.0. The van der Waals surface area contributed by atoms with Gasteiger partial charge in [0.2, 0.25) is 11.8 Å². The van der Waals surface area contributed by atoms with Crippen molar-refractivity contribution in [3.8, 4) is 23.0 Å². The van der Waals surface area contributed by atoms with Crippen LogP contribution < -0.4 is 29.6 Å². The maximum Gasteiger partial charge on any atom is 0.226 e. The zero-order valence-corrected chi connectivity index (χ0v) is 24.8. The number of nitrogens with zero attached hydrogens (tertiary/aromatic N) is 2. The van der Waals surface area contributed by atoms with Crippen LogP contribution in [0.3, 0.4) is 0 Å². The van der Waals surface area contributed by atoms with Gasteiger partial charge in [-0.25, -0.2) is 9.97 Å². The molecule has 2 aromatic carbocycles. The predicted octanol–water partition coefficient (Wildman–Crippen LogP) is 6.64. The summed E-state index contributed by atoms with van der Waals surface area (Å²) in [5, 5.41) is 6.85. The highest BCUT2D eigenvalue weighted by atomic mass is 32.1. The molecule has 2 aromatic heterocycles. The molecule has 4 rings (SSSR count). The minimum atomic E-state index is -0.0567. The van der Waals surface area contributed by atoms with Crippen LogP contribution in [0.25, 0.3) is 20.4 Å². The van der Waals surface area contributed by atoms with Gasteiger partial charge in [-0.05, 0) is 37.1 Å². The molecule has 0 radical (unpaired) electrons. The molecule has 0 saturated carbocycles. The molecule has 214 valence electrons. The Kier molecular flexibility index (Phi) is 10.4. The molecule has 0 spiro atoms. The standard InChI is InChI=1S/C28H34N4O6S2/c1-35-17-13-15-19(37-3)25-23(17)31-27(39-25)29-21(33)11-9-7-5-6-8-10-12-22(34)30-28-32-24-18(36-2)14-16-20(38-4)26(24)40-28/h13-16H,5-12H2,1-4H3,(H,29,31,33)(H,30,32,34). The Balaban J connectivity index is 1.12. The highest BCUT2D eigenvalue weighted by molar-refractivity contribution is 7.23. The summed E-state index contributed by atoms with van der Waals surface area (Å²) in [7, 11) is 6.39. The lowest BCUT2D eigenvalue weighted by Crippen LogP contribution is -2.11. The monoisotopic (exact) mass is 586 g/mol. The summed E-state index contributed by atoms with van der Waals surface area (Å²) in [5.41, 5.74) is 1.35. The van der Waals surface area contributed by atoms with E-state index in [0.717, 1.165) is 47.9 Å². The lowest BCUT2D eigenvalue weighted by atomic mass is 10.1. The van der Waals surface area contributed by atoms with Crippen molar-refractivity contribution in [3.05, 3.63) is 24.3 Å². The zero-order chi connectivity index (χ0) is 28.5. The molecule has 12 heteroatoms. The fourth-order valence-electron chi connectivity index (χ4n) is 4.32. The molecule has 2 heterocycles. The average molecular weight is 587 g/mol. The average Bonchev–Trinajstić information content (AvgIpc) is 3.57. The Morgan fingerprint density at radius 2 is 0.950 bits per heavy atom. The quantitative estimate of drug-likeness (QED) is 0.149.